The van der Waals surface area contributed by atoms with Gasteiger partial charge in [-0.25, -0.2) is 0 Å². The van der Waals surface area contributed by atoms with E-state index in [0.717, 1.165) is 11.5 Å². The van der Waals surface area contributed by atoms with Gasteiger partial charge >= 0.3 is 0 Å². The molecule has 106 valence electrons. The molecule has 0 radical (unpaired) electrons. The maximum Gasteiger partial charge on any atom is 0.163 e. The monoisotopic (exact) mass is 276 g/mol. The van der Waals surface area contributed by atoms with Gasteiger partial charge in [0.1, 0.15) is 0 Å². The number of carbonyl (C=O) groups is 1. The largest absolute Gasteiger partial charge is 0.294 e. The Labute approximate surface area is 126 Å². The number of hydrogen-bond acceptors (Lipinski definition) is 1. The number of Topliss-reactive ketones (excluding diaryl/α,β-unsaturated/α-hetero) is 1. The van der Waals surface area contributed by atoms with E-state index in [0.29, 0.717) is 18.1 Å². The second-order valence-electron chi connectivity index (χ2n) is 6.55. The Morgan fingerprint density at radius 3 is 2.52 bits per heavy atom. The molecular weight excluding hydrogens is 256 g/mol. The molecule has 0 aliphatic heterocycles. The number of benzene rings is 2. The number of rotatable bonds is 2. The highest BCUT2D eigenvalue weighted by Gasteiger charge is 2.29. The summed E-state index contributed by atoms with van der Waals surface area (Å²) in [6, 6.07) is 15.1. The van der Waals surface area contributed by atoms with Crippen molar-refractivity contribution in [2.75, 3.05) is 0 Å². The second kappa shape index (κ2) is 4.84. The standard InChI is InChI=1S/C20H20O/c1-13-11-19(21)18-10-4-9-17(20(13)18)16-8-3-7-15(12-16)14-5-2-6-14/h3-4,7-10,12-14H,2,5-6,11H2,1H3. The molecule has 0 heterocycles. The fraction of sp³-hybridized carbons (Fsp3) is 0.350. The maximum absolute atomic E-state index is 12.1. The van der Waals surface area contributed by atoms with E-state index >= 15 is 0 Å². The Balaban J connectivity index is 1.82. The van der Waals surface area contributed by atoms with Crippen LogP contribution in [-0.4, -0.2) is 5.78 Å². The van der Waals surface area contributed by atoms with Crippen molar-refractivity contribution >= 4 is 5.78 Å². The lowest BCUT2D eigenvalue weighted by Gasteiger charge is -2.26. The Morgan fingerprint density at radius 2 is 1.76 bits per heavy atom. The minimum Gasteiger partial charge on any atom is -0.294 e. The van der Waals surface area contributed by atoms with Gasteiger partial charge in [0, 0.05) is 12.0 Å². The molecule has 0 bridgehead atoms. The molecule has 2 aliphatic rings. The first-order valence-electron chi connectivity index (χ1n) is 8.00. The van der Waals surface area contributed by atoms with Crippen LogP contribution >= 0.6 is 0 Å². The van der Waals surface area contributed by atoms with Crippen LogP contribution < -0.4 is 0 Å². The Hall–Kier alpha value is -1.89. The summed E-state index contributed by atoms with van der Waals surface area (Å²) < 4.78 is 0. The highest BCUT2D eigenvalue weighted by Crippen LogP contribution is 2.42. The van der Waals surface area contributed by atoms with Crippen molar-refractivity contribution in [2.45, 2.75) is 44.4 Å². The van der Waals surface area contributed by atoms with Gasteiger partial charge in [0.2, 0.25) is 0 Å². The van der Waals surface area contributed by atoms with Gasteiger partial charge in [-0.1, -0.05) is 55.8 Å². The zero-order chi connectivity index (χ0) is 14.4. The van der Waals surface area contributed by atoms with E-state index < -0.39 is 0 Å². The predicted octanol–water partition coefficient (Wildman–Crippen LogP) is 5.31. The molecule has 2 aromatic carbocycles. The molecule has 2 aromatic rings. The molecule has 0 aromatic heterocycles. The normalized spacial score (nSPS) is 21.2. The van der Waals surface area contributed by atoms with Gasteiger partial charge in [0.25, 0.3) is 0 Å². The van der Waals surface area contributed by atoms with Crippen molar-refractivity contribution in [1.82, 2.24) is 0 Å². The lowest BCUT2D eigenvalue weighted by molar-refractivity contribution is 0.0990. The average molecular weight is 276 g/mol. The molecule has 1 atom stereocenters. The summed E-state index contributed by atoms with van der Waals surface area (Å²) in [6.45, 7) is 2.17. The Morgan fingerprint density at radius 1 is 1.00 bits per heavy atom. The van der Waals surface area contributed by atoms with Crippen molar-refractivity contribution < 1.29 is 4.79 Å². The van der Waals surface area contributed by atoms with Crippen LogP contribution in [0.25, 0.3) is 11.1 Å². The number of ketones is 1. The van der Waals surface area contributed by atoms with Crippen LogP contribution in [-0.2, 0) is 0 Å². The summed E-state index contributed by atoms with van der Waals surface area (Å²) in [6.07, 6.45) is 4.67. The first kappa shape index (κ1) is 12.8. The summed E-state index contributed by atoms with van der Waals surface area (Å²) >= 11 is 0. The summed E-state index contributed by atoms with van der Waals surface area (Å²) in [4.78, 5) is 12.1. The fourth-order valence-electron chi connectivity index (χ4n) is 3.78. The van der Waals surface area contributed by atoms with Crippen molar-refractivity contribution in [3.05, 3.63) is 59.2 Å². The minimum absolute atomic E-state index is 0.300. The van der Waals surface area contributed by atoms with E-state index in [1.807, 2.05) is 12.1 Å². The van der Waals surface area contributed by atoms with Gasteiger partial charge in [-0.15, -0.1) is 0 Å². The quantitative estimate of drug-likeness (QED) is 0.726. The van der Waals surface area contributed by atoms with Crippen LogP contribution in [0.4, 0.5) is 0 Å². The number of fused-ring (bicyclic) bond motifs is 1. The molecule has 4 rings (SSSR count). The molecular formula is C20H20O. The van der Waals surface area contributed by atoms with Crippen LogP contribution in [0.1, 0.15) is 65.9 Å². The molecule has 1 unspecified atom stereocenters. The van der Waals surface area contributed by atoms with Gasteiger partial charge in [0.15, 0.2) is 5.78 Å². The van der Waals surface area contributed by atoms with Crippen molar-refractivity contribution in [3.8, 4) is 11.1 Å². The first-order valence-corrected chi connectivity index (χ1v) is 8.00. The van der Waals surface area contributed by atoms with Crippen molar-refractivity contribution in [1.29, 1.82) is 0 Å². The van der Waals surface area contributed by atoms with E-state index in [1.165, 1.54) is 41.5 Å². The molecule has 0 N–H and O–H groups in total. The summed E-state index contributed by atoms with van der Waals surface area (Å²) in [5.41, 5.74) is 6.19. The van der Waals surface area contributed by atoms with Crippen molar-refractivity contribution in [2.24, 2.45) is 0 Å². The van der Waals surface area contributed by atoms with E-state index in [2.05, 4.69) is 37.3 Å². The zero-order valence-electron chi connectivity index (χ0n) is 12.4. The van der Waals surface area contributed by atoms with Gasteiger partial charge < -0.3 is 0 Å². The highest BCUT2D eigenvalue weighted by molar-refractivity contribution is 6.03. The summed E-state index contributed by atoms with van der Waals surface area (Å²) in [5.74, 6) is 1.39. The Kier molecular flexibility index (Phi) is 2.95. The van der Waals surface area contributed by atoms with Crippen molar-refractivity contribution in [3.63, 3.8) is 0 Å². The van der Waals surface area contributed by atoms with E-state index in [9.17, 15) is 4.79 Å². The third-order valence-corrected chi connectivity index (χ3v) is 5.17. The topological polar surface area (TPSA) is 17.1 Å². The predicted molar refractivity (Wildman–Crippen MR) is 85.8 cm³/mol. The summed E-state index contributed by atoms with van der Waals surface area (Å²) in [7, 11) is 0. The third kappa shape index (κ3) is 2.03. The fourth-order valence-corrected chi connectivity index (χ4v) is 3.78. The molecule has 1 fully saturated rings. The van der Waals surface area contributed by atoms with Gasteiger partial charge in [-0.05, 0) is 46.9 Å². The third-order valence-electron chi connectivity index (χ3n) is 5.17. The SMILES string of the molecule is CC1CC(=O)c2cccc(-c3cccc(C4CCC4)c3)c21. The average Bonchev–Trinajstić information content (AvgIpc) is 2.73. The van der Waals surface area contributed by atoms with E-state index in [4.69, 9.17) is 0 Å². The molecule has 2 aliphatic carbocycles. The van der Waals surface area contributed by atoms with Crippen LogP contribution in [0, 0.1) is 0 Å². The highest BCUT2D eigenvalue weighted by atomic mass is 16.1. The number of carbonyl (C=O) groups excluding carboxylic acids is 1. The number of hydrogen-bond donors (Lipinski definition) is 0. The lowest BCUT2D eigenvalue weighted by atomic mass is 9.79. The zero-order valence-corrected chi connectivity index (χ0v) is 12.4. The minimum atomic E-state index is 0.300. The van der Waals surface area contributed by atoms with Crippen LogP contribution in [0.5, 0.6) is 0 Å². The molecule has 1 heteroatoms. The van der Waals surface area contributed by atoms with E-state index in [1.54, 1.807) is 0 Å². The van der Waals surface area contributed by atoms with Crippen LogP contribution in [0.2, 0.25) is 0 Å². The molecule has 1 nitrogen and oxygen atoms in total. The van der Waals surface area contributed by atoms with Gasteiger partial charge in [-0.3, -0.25) is 4.79 Å². The van der Waals surface area contributed by atoms with Crippen LogP contribution in [0.15, 0.2) is 42.5 Å². The Bertz CT molecular complexity index is 710. The molecule has 1 saturated carbocycles. The summed E-state index contributed by atoms with van der Waals surface area (Å²) in [5, 5.41) is 0. The molecule has 0 spiro atoms. The smallest absolute Gasteiger partial charge is 0.163 e. The van der Waals surface area contributed by atoms with Crippen LogP contribution in [0.3, 0.4) is 0 Å². The lowest BCUT2D eigenvalue weighted by Crippen LogP contribution is -2.08. The van der Waals surface area contributed by atoms with E-state index in [-0.39, 0.29) is 0 Å². The van der Waals surface area contributed by atoms with Gasteiger partial charge in [-0.2, -0.15) is 0 Å². The first-order chi connectivity index (χ1) is 10.2. The molecule has 0 saturated heterocycles. The van der Waals surface area contributed by atoms with Gasteiger partial charge in [0.05, 0.1) is 0 Å². The maximum atomic E-state index is 12.1. The molecule has 0 amide bonds. The molecule has 21 heavy (non-hydrogen) atoms. The second-order valence-corrected chi connectivity index (χ2v) is 6.55.